The number of nitrogens with one attached hydrogen (secondary N) is 1. The molecule has 1 amide bonds. The summed E-state index contributed by atoms with van der Waals surface area (Å²) in [4.78, 5) is 10.2. The first-order chi connectivity index (χ1) is 6.72. The molecule has 0 aliphatic rings. The maximum absolute atomic E-state index is 10.2. The standard InChI is InChI=1S/C10H12NO3/c1-7-4-8(13-2)10(11-6-12)9(5-7)14-3/h4-5H,1-3H3,(H,11,12). The van der Waals surface area contributed by atoms with Crippen molar-refractivity contribution in [2.45, 2.75) is 6.92 Å². The maximum Gasteiger partial charge on any atom is 0.314 e. The van der Waals surface area contributed by atoms with E-state index in [1.807, 2.05) is 19.1 Å². The third kappa shape index (κ3) is 1.96. The number of carbonyl (C=O) groups excluding carboxylic acids is 1. The van der Waals surface area contributed by atoms with Crippen molar-refractivity contribution in [2.75, 3.05) is 19.5 Å². The molecule has 4 nitrogen and oxygen atoms in total. The average molecular weight is 194 g/mol. The Bertz CT molecular complexity index is 311. The highest BCUT2D eigenvalue weighted by atomic mass is 16.5. The summed E-state index contributed by atoms with van der Waals surface area (Å²) < 4.78 is 10.2. The van der Waals surface area contributed by atoms with Gasteiger partial charge in [0.05, 0.1) is 14.2 Å². The molecule has 0 heterocycles. The minimum Gasteiger partial charge on any atom is -0.494 e. The summed E-state index contributed by atoms with van der Waals surface area (Å²) in [6.07, 6.45) is 1.59. The maximum atomic E-state index is 10.2. The van der Waals surface area contributed by atoms with Crippen LogP contribution in [0.2, 0.25) is 0 Å². The van der Waals surface area contributed by atoms with Gasteiger partial charge in [0.15, 0.2) is 0 Å². The normalized spacial score (nSPS) is 9.36. The highest BCUT2D eigenvalue weighted by Gasteiger charge is 2.10. The fourth-order valence-corrected chi connectivity index (χ4v) is 1.22. The quantitative estimate of drug-likeness (QED) is 0.739. The highest BCUT2D eigenvalue weighted by Crippen LogP contribution is 2.35. The Balaban J connectivity index is 3.24. The van der Waals surface area contributed by atoms with Gasteiger partial charge in [-0.3, -0.25) is 4.79 Å². The van der Waals surface area contributed by atoms with E-state index in [1.165, 1.54) is 14.2 Å². The largest absolute Gasteiger partial charge is 0.494 e. The summed E-state index contributed by atoms with van der Waals surface area (Å²) in [5.74, 6) is 1.12. The van der Waals surface area contributed by atoms with Crippen LogP contribution in [0.25, 0.3) is 0 Å². The van der Waals surface area contributed by atoms with E-state index in [9.17, 15) is 4.79 Å². The summed E-state index contributed by atoms with van der Waals surface area (Å²) in [5, 5.41) is 2.42. The molecule has 4 heteroatoms. The van der Waals surface area contributed by atoms with E-state index < -0.39 is 0 Å². The lowest BCUT2D eigenvalue weighted by Crippen LogP contribution is -2.00. The molecular weight excluding hydrogens is 182 g/mol. The number of hydrogen-bond donors (Lipinski definition) is 1. The van der Waals surface area contributed by atoms with Gasteiger partial charge >= 0.3 is 6.41 Å². The molecule has 1 N–H and O–H groups in total. The molecule has 0 aliphatic carbocycles. The number of aryl methyl sites for hydroxylation is 1. The molecular formula is C10H12NO3. The first-order valence-electron chi connectivity index (χ1n) is 4.08. The molecule has 0 spiro atoms. The summed E-state index contributed by atoms with van der Waals surface area (Å²) in [7, 11) is 3.06. The second-order valence-electron chi connectivity index (χ2n) is 2.77. The molecule has 0 saturated carbocycles. The predicted octanol–water partition coefficient (Wildman–Crippen LogP) is 1.49. The van der Waals surface area contributed by atoms with Crippen LogP contribution in [-0.2, 0) is 4.79 Å². The van der Waals surface area contributed by atoms with Crippen molar-refractivity contribution >= 4 is 12.1 Å². The topological polar surface area (TPSA) is 47.6 Å². The molecule has 0 bridgehead atoms. The highest BCUT2D eigenvalue weighted by molar-refractivity contribution is 5.80. The van der Waals surface area contributed by atoms with Crippen molar-refractivity contribution in [2.24, 2.45) is 0 Å². The second-order valence-corrected chi connectivity index (χ2v) is 2.77. The SMILES string of the molecule is COc1cc(C)cc(OC)c1N[C]=O. The van der Waals surface area contributed by atoms with Gasteiger partial charge in [0.2, 0.25) is 0 Å². The Morgan fingerprint density at radius 2 is 1.71 bits per heavy atom. The molecule has 75 valence electrons. The van der Waals surface area contributed by atoms with Gasteiger partial charge in [0.25, 0.3) is 0 Å². The molecule has 1 rings (SSSR count). The molecule has 1 aromatic rings. The van der Waals surface area contributed by atoms with Gasteiger partial charge in [-0.25, -0.2) is 0 Å². The molecule has 14 heavy (non-hydrogen) atoms. The van der Waals surface area contributed by atoms with Crippen LogP contribution < -0.4 is 14.8 Å². The number of methoxy groups -OCH3 is 2. The van der Waals surface area contributed by atoms with Crippen molar-refractivity contribution in [3.63, 3.8) is 0 Å². The van der Waals surface area contributed by atoms with E-state index in [4.69, 9.17) is 9.47 Å². The van der Waals surface area contributed by atoms with Crippen LogP contribution in [-0.4, -0.2) is 20.6 Å². The van der Waals surface area contributed by atoms with Crippen LogP contribution in [0.4, 0.5) is 5.69 Å². The minimum absolute atomic E-state index is 0.496. The number of amides is 1. The van der Waals surface area contributed by atoms with Crippen LogP contribution in [0.3, 0.4) is 0 Å². The van der Waals surface area contributed by atoms with Crippen molar-refractivity contribution < 1.29 is 14.3 Å². The van der Waals surface area contributed by atoms with Crippen molar-refractivity contribution in [3.8, 4) is 11.5 Å². The van der Waals surface area contributed by atoms with Crippen LogP contribution in [0.5, 0.6) is 11.5 Å². The van der Waals surface area contributed by atoms with Crippen molar-refractivity contribution in [3.05, 3.63) is 17.7 Å². The van der Waals surface area contributed by atoms with Crippen LogP contribution >= 0.6 is 0 Å². The molecule has 0 atom stereocenters. The van der Waals surface area contributed by atoms with E-state index in [2.05, 4.69) is 5.32 Å². The zero-order valence-corrected chi connectivity index (χ0v) is 8.38. The van der Waals surface area contributed by atoms with Crippen LogP contribution in [0.1, 0.15) is 5.56 Å². The fourth-order valence-electron chi connectivity index (χ4n) is 1.22. The lowest BCUT2D eigenvalue weighted by Gasteiger charge is -2.12. The van der Waals surface area contributed by atoms with E-state index in [1.54, 1.807) is 6.41 Å². The predicted molar refractivity (Wildman–Crippen MR) is 53.6 cm³/mol. The number of benzene rings is 1. The van der Waals surface area contributed by atoms with Crippen LogP contribution in [0.15, 0.2) is 12.1 Å². The Hall–Kier alpha value is -1.71. The summed E-state index contributed by atoms with van der Waals surface area (Å²) in [6.45, 7) is 1.92. The van der Waals surface area contributed by atoms with E-state index in [0.717, 1.165) is 5.56 Å². The molecule has 0 fully saturated rings. The van der Waals surface area contributed by atoms with E-state index in [-0.39, 0.29) is 0 Å². The Labute approximate surface area is 82.8 Å². The zero-order chi connectivity index (χ0) is 10.6. The lowest BCUT2D eigenvalue weighted by atomic mass is 10.2. The van der Waals surface area contributed by atoms with Gasteiger partial charge in [0.1, 0.15) is 17.2 Å². The Kier molecular flexibility index (Phi) is 3.34. The zero-order valence-electron chi connectivity index (χ0n) is 8.38. The van der Waals surface area contributed by atoms with E-state index >= 15 is 0 Å². The van der Waals surface area contributed by atoms with Gasteiger partial charge in [-0.15, -0.1) is 0 Å². The van der Waals surface area contributed by atoms with Gasteiger partial charge < -0.3 is 14.8 Å². The molecule has 0 aliphatic heterocycles. The molecule has 0 unspecified atom stereocenters. The number of ether oxygens (including phenoxy) is 2. The van der Waals surface area contributed by atoms with Gasteiger partial charge in [-0.1, -0.05) is 0 Å². The number of anilines is 1. The fraction of sp³-hybridized carbons (Fsp3) is 0.300. The summed E-state index contributed by atoms with van der Waals surface area (Å²) >= 11 is 0. The average Bonchev–Trinajstić information content (AvgIpc) is 2.20. The number of rotatable bonds is 4. The molecule has 1 radical (unpaired) electrons. The van der Waals surface area contributed by atoms with Crippen molar-refractivity contribution in [1.29, 1.82) is 0 Å². The molecule has 0 saturated heterocycles. The minimum atomic E-state index is 0.496. The molecule has 0 aromatic heterocycles. The lowest BCUT2D eigenvalue weighted by molar-refractivity contribution is 0.397. The van der Waals surface area contributed by atoms with Gasteiger partial charge in [-0.05, 0) is 24.6 Å². The first kappa shape index (κ1) is 10.4. The Morgan fingerprint density at radius 1 is 1.21 bits per heavy atom. The smallest absolute Gasteiger partial charge is 0.314 e. The first-order valence-corrected chi connectivity index (χ1v) is 4.08. The third-order valence-electron chi connectivity index (χ3n) is 1.83. The van der Waals surface area contributed by atoms with Crippen molar-refractivity contribution in [1.82, 2.24) is 0 Å². The van der Waals surface area contributed by atoms with Gasteiger partial charge in [0, 0.05) is 0 Å². The third-order valence-corrected chi connectivity index (χ3v) is 1.83. The van der Waals surface area contributed by atoms with Crippen LogP contribution in [0, 0.1) is 6.92 Å². The monoisotopic (exact) mass is 194 g/mol. The van der Waals surface area contributed by atoms with E-state index in [0.29, 0.717) is 17.2 Å². The number of hydrogen-bond acceptors (Lipinski definition) is 3. The Morgan fingerprint density at radius 3 is 2.07 bits per heavy atom. The second kappa shape index (κ2) is 4.50. The summed E-state index contributed by atoms with van der Waals surface area (Å²) in [6, 6.07) is 3.62. The molecule has 1 aromatic carbocycles. The summed E-state index contributed by atoms with van der Waals surface area (Å²) in [5.41, 5.74) is 1.49. The van der Waals surface area contributed by atoms with Gasteiger partial charge in [-0.2, -0.15) is 0 Å².